The molecule has 0 spiro atoms. The fraction of sp³-hybridized carbons (Fsp3) is 0.350. The second-order valence-corrected chi connectivity index (χ2v) is 6.54. The minimum atomic E-state index is -0.000649. The zero-order chi connectivity index (χ0) is 17.9. The largest absolute Gasteiger partial charge is 0.459 e. The molecule has 0 atom stereocenters. The first-order valence-electron chi connectivity index (χ1n) is 9.02. The van der Waals surface area contributed by atoms with Crippen LogP contribution in [-0.4, -0.2) is 27.5 Å². The topological polar surface area (TPSA) is 72.4 Å². The maximum absolute atomic E-state index is 13.0. The van der Waals surface area contributed by atoms with Gasteiger partial charge in [0.25, 0.3) is 11.8 Å². The fourth-order valence-electron chi connectivity index (χ4n) is 3.39. The monoisotopic (exact) mass is 351 g/mol. The highest BCUT2D eigenvalue weighted by Gasteiger charge is 2.21. The van der Waals surface area contributed by atoms with Crippen LogP contribution in [0.4, 0.5) is 0 Å². The van der Waals surface area contributed by atoms with Gasteiger partial charge in [0.05, 0.1) is 12.8 Å². The third-order valence-corrected chi connectivity index (χ3v) is 4.65. The highest BCUT2D eigenvalue weighted by atomic mass is 16.4. The van der Waals surface area contributed by atoms with Gasteiger partial charge < -0.3 is 13.7 Å². The second-order valence-electron chi connectivity index (χ2n) is 6.54. The lowest BCUT2D eigenvalue weighted by Crippen LogP contribution is -2.31. The maximum Gasteiger partial charge on any atom is 0.283 e. The van der Waals surface area contributed by atoms with E-state index >= 15 is 0 Å². The average molecular weight is 351 g/mol. The molecule has 0 unspecified atom stereocenters. The summed E-state index contributed by atoms with van der Waals surface area (Å²) in [6.45, 7) is 2.97. The third kappa shape index (κ3) is 3.27. The number of fused-ring (bicyclic) bond motifs is 1. The van der Waals surface area contributed by atoms with Gasteiger partial charge in [-0.25, -0.2) is 0 Å². The Morgan fingerprint density at radius 2 is 2.08 bits per heavy atom. The zero-order valence-electron chi connectivity index (χ0n) is 14.8. The highest BCUT2D eigenvalue weighted by Crippen LogP contribution is 2.24. The molecule has 0 N–H and O–H groups in total. The molecule has 1 aliphatic carbocycles. The number of furan rings is 1. The number of aryl methyl sites for hydroxylation is 2. The predicted octanol–water partition coefficient (Wildman–Crippen LogP) is 3.87. The minimum absolute atomic E-state index is 0.000649. The minimum Gasteiger partial charge on any atom is -0.459 e. The number of nitrogens with zero attached hydrogens (tertiary/aromatic N) is 3. The van der Waals surface area contributed by atoms with Gasteiger partial charge >= 0.3 is 0 Å². The number of rotatable bonds is 6. The zero-order valence-corrected chi connectivity index (χ0v) is 14.8. The maximum atomic E-state index is 13.0. The summed E-state index contributed by atoms with van der Waals surface area (Å²) in [6, 6.07) is 9.57. The van der Waals surface area contributed by atoms with Gasteiger partial charge in [0.2, 0.25) is 5.89 Å². The molecular weight excluding hydrogens is 330 g/mol. The summed E-state index contributed by atoms with van der Waals surface area (Å²) in [5.41, 5.74) is 3.39. The Balaban J connectivity index is 1.53. The number of benzene rings is 1. The van der Waals surface area contributed by atoms with Crippen molar-refractivity contribution in [3.63, 3.8) is 0 Å². The summed E-state index contributed by atoms with van der Waals surface area (Å²) >= 11 is 0. The molecule has 134 valence electrons. The van der Waals surface area contributed by atoms with Gasteiger partial charge in [0.15, 0.2) is 5.76 Å². The van der Waals surface area contributed by atoms with Gasteiger partial charge in [0.1, 0.15) is 0 Å². The molecule has 6 heteroatoms. The average Bonchev–Trinajstić information content (AvgIpc) is 3.40. The molecule has 4 rings (SSSR count). The van der Waals surface area contributed by atoms with Crippen molar-refractivity contribution in [2.75, 3.05) is 6.54 Å². The molecule has 0 saturated heterocycles. The Morgan fingerprint density at radius 3 is 2.88 bits per heavy atom. The van der Waals surface area contributed by atoms with E-state index in [1.807, 2.05) is 19.1 Å². The lowest BCUT2D eigenvalue weighted by atomic mass is 10.1. The van der Waals surface area contributed by atoms with Crippen LogP contribution in [0, 0.1) is 0 Å². The molecule has 1 amide bonds. The quantitative estimate of drug-likeness (QED) is 0.674. The van der Waals surface area contributed by atoms with E-state index in [4.69, 9.17) is 8.83 Å². The summed E-state index contributed by atoms with van der Waals surface area (Å²) in [5, 5.41) is 8.06. The van der Waals surface area contributed by atoms with Gasteiger partial charge in [-0.1, -0.05) is 13.0 Å². The molecule has 2 aromatic heterocycles. The molecule has 2 heterocycles. The molecule has 1 aromatic carbocycles. The molecular formula is C20H21N3O3. The van der Waals surface area contributed by atoms with Crippen molar-refractivity contribution in [3.05, 3.63) is 59.2 Å². The summed E-state index contributed by atoms with van der Waals surface area (Å²) in [5.74, 6) is 1.25. The lowest BCUT2D eigenvalue weighted by Gasteiger charge is -2.20. The van der Waals surface area contributed by atoms with E-state index in [1.54, 1.807) is 23.3 Å². The van der Waals surface area contributed by atoms with Crippen LogP contribution in [0.5, 0.6) is 0 Å². The van der Waals surface area contributed by atoms with Crippen LogP contribution in [0.1, 0.15) is 47.1 Å². The molecule has 3 aromatic rings. The van der Waals surface area contributed by atoms with Gasteiger partial charge in [-0.05, 0) is 61.1 Å². The van der Waals surface area contributed by atoms with Crippen LogP contribution in [0.3, 0.4) is 0 Å². The number of aromatic nitrogens is 2. The molecule has 6 nitrogen and oxygen atoms in total. The molecule has 1 aliphatic rings. The van der Waals surface area contributed by atoms with Gasteiger partial charge in [-0.2, -0.15) is 0 Å². The molecule has 0 saturated carbocycles. The third-order valence-electron chi connectivity index (χ3n) is 4.65. The van der Waals surface area contributed by atoms with Crippen LogP contribution in [0.2, 0.25) is 0 Å². The standard InChI is InChI=1S/C20H21N3O3/c1-2-10-23(13-18-21-22-19(26-18)17-7-4-11-25-17)20(24)16-9-8-14-5-3-6-15(14)12-16/h4,7-9,11-12H,2-3,5-6,10,13H2,1H3. The summed E-state index contributed by atoms with van der Waals surface area (Å²) in [6.07, 6.45) is 5.75. The van der Waals surface area contributed by atoms with Crippen LogP contribution in [0.25, 0.3) is 11.7 Å². The number of carbonyl (C=O) groups excluding carboxylic acids is 1. The van der Waals surface area contributed by atoms with E-state index in [9.17, 15) is 4.79 Å². The number of amides is 1. The van der Waals surface area contributed by atoms with Gasteiger partial charge in [-0.3, -0.25) is 4.79 Å². The Morgan fingerprint density at radius 1 is 1.19 bits per heavy atom. The smallest absolute Gasteiger partial charge is 0.283 e. The van der Waals surface area contributed by atoms with Crippen LogP contribution in [0.15, 0.2) is 45.4 Å². The molecule has 0 aliphatic heterocycles. The molecule has 0 fully saturated rings. The summed E-state index contributed by atoms with van der Waals surface area (Å²) in [7, 11) is 0. The fourth-order valence-corrected chi connectivity index (χ4v) is 3.39. The summed E-state index contributed by atoms with van der Waals surface area (Å²) < 4.78 is 10.9. The van der Waals surface area contributed by atoms with Crippen molar-refractivity contribution in [2.24, 2.45) is 0 Å². The van der Waals surface area contributed by atoms with Crippen molar-refractivity contribution < 1.29 is 13.6 Å². The Kier molecular flexibility index (Phi) is 4.56. The lowest BCUT2D eigenvalue weighted by molar-refractivity contribution is 0.0728. The van der Waals surface area contributed by atoms with Gasteiger partial charge in [-0.15, -0.1) is 10.2 Å². The SMILES string of the molecule is CCCN(Cc1nnc(-c2ccco2)o1)C(=O)c1ccc2c(c1)CCC2. The molecule has 0 radical (unpaired) electrons. The first-order chi connectivity index (χ1) is 12.7. The van der Waals surface area contributed by atoms with Crippen molar-refractivity contribution in [3.8, 4) is 11.7 Å². The van der Waals surface area contributed by atoms with E-state index in [1.165, 1.54) is 17.5 Å². The second kappa shape index (κ2) is 7.15. The van der Waals surface area contributed by atoms with Crippen molar-refractivity contribution in [1.82, 2.24) is 15.1 Å². The number of carbonyl (C=O) groups is 1. The van der Waals surface area contributed by atoms with Gasteiger partial charge in [0, 0.05) is 12.1 Å². The molecule has 26 heavy (non-hydrogen) atoms. The predicted molar refractivity (Wildman–Crippen MR) is 95.5 cm³/mol. The number of hydrogen-bond acceptors (Lipinski definition) is 5. The highest BCUT2D eigenvalue weighted by molar-refractivity contribution is 5.94. The normalized spacial score (nSPS) is 13.0. The summed E-state index contributed by atoms with van der Waals surface area (Å²) in [4.78, 5) is 14.8. The Bertz CT molecular complexity index is 899. The Labute approximate surface area is 151 Å². The first-order valence-corrected chi connectivity index (χ1v) is 9.02. The Hall–Kier alpha value is -2.89. The van der Waals surface area contributed by atoms with E-state index in [-0.39, 0.29) is 12.5 Å². The van der Waals surface area contributed by atoms with E-state index in [0.717, 1.165) is 24.8 Å². The van der Waals surface area contributed by atoms with Crippen LogP contribution < -0.4 is 0 Å². The first kappa shape index (κ1) is 16.6. The van der Waals surface area contributed by atoms with Crippen molar-refractivity contribution in [2.45, 2.75) is 39.2 Å². The van der Waals surface area contributed by atoms with E-state index in [0.29, 0.717) is 24.1 Å². The number of hydrogen-bond donors (Lipinski definition) is 0. The van der Waals surface area contributed by atoms with Crippen LogP contribution in [-0.2, 0) is 19.4 Å². The van der Waals surface area contributed by atoms with E-state index < -0.39 is 0 Å². The molecule has 0 bridgehead atoms. The van der Waals surface area contributed by atoms with Crippen LogP contribution >= 0.6 is 0 Å². The van der Waals surface area contributed by atoms with Crippen molar-refractivity contribution in [1.29, 1.82) is 0 Å². The van der Waals surface area contributed by atoms with Crippen molar-refractivity contribution >= 4 is 5.91 Å². The van der Waals surface area contributed by atoms with E-state index in [2.05, 4.69) is 16.3 Å².